The molecule has 146 valence electrons. The predicted octanol–water partition coefficient (Wildman–Crippen LogP) is 2.85. The lowest BCUT2D eigenvalue weighted by molar-refractivity contribution is -0.0174. The molecular formula is C19H25N2O5P. The molecule has 4 heterocycles. The number of carbonyl (C=O) groups is 1. The Labute approximate surface area is 157 Å². The third-order valence-electron chi connectivity index (χ3n) is 6.45. The molecule has 3 aliphatic rings. The second-order valence-corrected chi connectivity index (χ2v) is 8.83. The van der Waals surface area contributed by atoms with Crippen molar-refractivity contribution in [3.63, 3.8) is 0 Å². The van der Waals surface area contributed by atoms with Crippen molar-refractivity contribution in [3.05, 3.63) is 35.5 Å². The number of rotatable bonds is 1. The van der Waals surface area contributed by atoms with Crippen molar-refractivity contribution in [2.75, 3.05) is 13.1 Å². The molecule has 1 aromatic heterocycles. The van der Waals surface area contributed by atoms with Crippen LogP contribution < -0.4 is 0 Å². The van der Waals surface area contributed by atoms with E-state index in [2.05, 4.69) is 40.7 Å². The van der Waals surface area contributed by atoms with Crippen molar-refractivity contribution >= 4 is 24.6 Å². The molecule has 0 spiro atoms. The summed E-state index contributed by atoms with van der Waals surface area (Å²) >= 11 is 0. The number of fused-ring (bicyclic) bond motifs is 3. The summed E-state index contributed by atoms with van der Waals surface area (Å²) in [6.45, 7) is 4.63. The fourth-order valence-corrected chi connectivity index (χ4v) is 5.45. The summed E-state index contributed by atoms with van der Waals surface area (Å²) in [5.41, 5.74) is 4.10. The quantitative estimate of drug-likeness (QED) is 0.645. The molecule has 7 nitrogen and oxygen atoms in total. The van der Waals surface area contributed by atoms with Gasteiger partial charge in [-0.3, -0.25) is 14.3 Å². The van der Waals surface area contributed by atoms with Crippen LogP contribution in [0.4, 0.5) is 0 Å². The molecular weight excluding hydrogens is 367 g/mol. The number of hydrogen-bond donors (Lipinski definition) is 3. The normalized spacial score (nSPS) is 27.1. The summed E-state index contributed by atoms with van der Waals surface area (Å²) < 4.78 is 11.0. The lowest BCUT2D eigenvalue weighted by atomic mass is 9.64. The van der Waals surface area contributed by atoms with Crippen LogP contribution in [0.15, 0.2) is 24.3 Å². The van der Waals surface area contributed by atoms with Gasteiger partial charge in [-0.05, 0) is 43.9 Å². The van der Waals surface area contributed by atoms with Gasteiger partial charge in [0.15, 0.2) is 0 Å². The van der Waals surface area contributed by atoms with E-state index in [0.717, 1.165) is 31.3 Å². The summed E-state index contributed by atoms with van der Waals surface area (Å²) in [6.07, 6.45) is 5.37. The van der Waals surface area contributed by atoms with Gasteiger partial charge in [0.25, 0.3) is 0 Å². The highest BCUT2D eigenvalue weighted by Gasteiger charge is 2.52. The van der Waals surface area contributed by atoms with Crippen LogP contribution in [0.2, 0.25) is 0 Å². The smallest absolute Gasteiger partial charge is 0.303 e. The number of phosphoric acid groups is 1. The van der Waals surface area contributed by atoms with Crippen molar-refractivity contribution in [3.8, 4) is 0 Å². The van der Waals surface area contributed by atoms with Crippen molar-refractivity contribution in [2.45, 2.75) is 45.1 Å². The summed E-state index contributed by atoms with van der Waals surface area (Å²) in [6, 6.07) is 8.95. The molecule has 2 aromatic rings. The number of hydrogen-bond acceptors (Lipinski definition) is 3. The maximum absolute atomic E-state index is 13.0. The maximum Gasteiger partial charge on any atom is 0.466 e. The van der Waals surface area contributed by atoms with E-state index in [-0.39, 0.29) is 5.41 Å². The Morgan fingerprint density at radius 1 is 1.22 bits per heavy atom. The molecule has 0 unspecified atom stereocenters. The largest absolute Gasteiger partial charge is 0.466 e. The van der Waals surface area contributed by atoms with Crippen LogP contribution in [0.25, 0.3) is 10.9 Å². The molecule has 0 radical (unpaired) electrons. The van der Waals surface area contributed by atoms with E-state index in [9.17, 15) is 4.79 Å². The Kier molecular flexibility index (Phi) is 4.56. The number of nitrogens with zero attached hydrogens (tertiary/aromatic N) is 2. The maximum atomic E-state index is 13.0. The lowest BCUT2D eigenvalue weighted by Gasteiger charge is -2.54. The number of piperidine rings is 1. The van der Waals surface area contributed by atoms with Gasteiger partial charge < -0.3 is 14.7 Å². The van der Waals surface area contributed by atoms with Gasteiger partial charge in [0.1, 0.15) is 0 Å². The molecule has 27 heavy (non-hydrogen) atoms. The molecule has 8 heteroatoms. The lowest BCUT2D eigenvalue weighted by Crippen LogP contribution is -2.53. The van der Waals surface area contributed by atoms with E-state index >= 15 is 0 Å². The van der Waals surface area contributed by atoms with Crippen molar-refractivity contribution in [1.29, 1.82) is 0 Å². The first kappa shape index (κ1) is 18.8. The van der Waals surface area contributed by atoms with Gasteiger partial charge in [-0.2, -0.15) is 0 Å². The predicted molar refractivity (Wildman–Crippen MR) is 101 cm³/mol. The third kappa shape index (κ3) is 3.08. The summed E-state index contributed by atoms with van der Waals surface area (Å²) in [4.78, 5) is 37.2. The molecule has 1 aromatic carbocycles. The monoisotopic (exact) mass is 392 g/mol. The van der Waals surface area contributed by atoms with Gasteiger partial charge in [0, 0.05) is 29.5 Å². The van der Waals surface area contributed by atoms with Crippen LogP contribution in [-0.4, -0.2) is 43.1 Å². The van der Waals surface area contributed by atoms with Crippen LogP contribution >= 0.6 is 7.82 Å². The third-order valence-corrected chi connectivity index (χ3v) is 6.45. The Morgan fingerprint density at radius 3 is 2.63 bits per heavy atom. The van der Waals surface area contributed by atoms with Crippen LogP contribution in [-0.2, 0) is 11.0 Å². The second kappa shape index (κ2) is 6.54. The zero-order chi connectivity index (χ0) is 19.4. The highest BCUT2D eigenvalue weighted by atomic mass is 31.2. The van der Waals surface area contributed by atoms with E-state index in [4.69, 9.17) is 19.2 Å². The Bertz CT molecular complexity index is 941. The molecule has 0 aliphatic carbocycles. The Hall–Kier alpha value is -1.50. The molecule has 0 bridgehead atoms. The average Bonchev–Trinajstić information content (AvgIpc) is 2.95. The molecule has 1 fully saturated rings. The first-order chi connectivity index (χ1) is 12.7. The topological polar surface area (TPSA) is 103 Å². The molecule has 5 rings (SSSR count). The van der Waals surface area contributed by atoms with Gasteiger partial charge in [0.05, 0.1) is 11.6 Å². The van der Waals surface area contributed by atoms with Gasteiger partial charge in [-0.15, -0.1) is 0 Å². The summed E-state index contributed by atoms with van der Waals surface area (Å²) in [7, 11) is -4.64. The van der Waals surface area contributed by atoms with E-state index in [1.165, 1.54) is 36.0 Å². The Balaban J connectivity index is 0.000000323. The zero-order valence-electron chi connectivity index (χ0n) is 15.3. The highest BCUT2D eigenvalue weighted by Crippen LogP contribution is 2.56. The fraction of sp³-hybridized carbons (Fsp3) is 0.526. The highest BCUT2D eigenvalue weighted by molar-refractivity contribution is 7.45. The van der Waals surface area contributed by atoms with Crippen molar-refractivity contribution < 1.29 is 24.0 Å². The number of benzene rings is 1. The molecule has 0 saturated carbocycles. The summed E-state index contributed by atoms with van der Waals surface area (Å²) in [5.74, 6) is 0.319. The molecule has 0 amide bonds. The van der Waals surface area contributed by atoms with E-state index in [1.54, 1.807) is 0 Å². The van der Waals surface area contributed by atoms with Crippen molar-refractivity contribution in [2.24, 2.45) is 5.41 Å². The van der Waals surface area contributed by atoms with E-state index < -0.39 is 7.82 Å². The average molecular weight is 392 g/mol. The minimum atomic E-state index is -4.64. The zero-order valence-corrected chi connectivity index (χ0v) is 16.2. The minimum absolute atomic E-state index is 0.175. The first-order valence-corrected chi connectivity index (χ1v) is 11.0. The van der Waals surface area contributed by atoms with Crippen molar-refractivity contribution in [1.82, 2.24) is 9.47 Å². The molecule has 3 aliphatic heterocycles. The SMILES string of the molecule is CC[C@]12CCCN3CCc4c(n(c5ccccc45)C(=O)C1)[C@@H]32.O=P(O)(O)O. The summed E-state index contributed by atoms with van der Waals surface area (Å²) in [5, 5.41) is 1.31. The molecule has 2 atom stereocenters. The number of carbonyl (C=O) groups excluding carboxylic acids is 1. The second-order valence-electron chi connectivity index (χ2n) is 7.81. The van der Waals surface area contributed by atoms with E-state index in [1.807, 2.05) is 0 Å². The van der Waals surface area contributed by atoms with Gasteiger partial charge >= 0.3 is 7.82 Å². The first-order valence-electron chi connectivity index (χ1n) is 9.43. The fourth-order valence-electron chi connectivity index (χ4n) is 5.45. The van der Waals surface area contributed by atoms with Crippen LogP contribution in [0.5, 0.6) is 0 Å². The molecule has 1 saturated heterocycles. The van der Waals surface area contributed by atoms with Gasteiger partial charge in [-0.25, -0.2) is 4.57 Å². The van der Waals surface area contributed by atoms with E-state index in [0.29, 0.717) is 11.9 Å². The number of aromatic nitrogens is 1. The minimum Gasteiger partial charge on any atom is -0.303 e. The standard InChI is InChI=1S/C19H22N2O.H3O4P/c1-2-19-9-5-10-20-11-8-14-13-6-3-4-7-15(13)21(16(22)12-19)17(14)18(19)20;1-5(2,3)4/h3-4,6-7,18H,2,5,8-12H2,1H3;(H3,1,2,3,4)/t18-,19+;/m1./s1. The van der Waals surface area contributed by atoms with Crippen LogP contribution in [0.1, 0.15) is 54.7 Å². The number of para-hydroxylation sites is 1. The Morgan fingerprint density at radius 2 is 1.93 bits per heavy atom. The van der Waals surface area contributed by atoms with Crippen LogP contribution in [0.3, 0.4) is 0 Å². The van der Waals surface area contributed by atoms with Gasteiger partial charge in [-0.1, -0.05) is 25.1 Å². The molecule has 3 N–H and O–H groups in total. The van der Waals surface area contributed by atoms with Crippen LogP contribution in [0, 0.1) is 5.41 Å². The van der Waals surface area contributed by atoms with Gasteiger partial charge in [0.2, 0.25) is 5.91 Å².